The summed E-state index contributed by atoms with van der Waals surface area (Å²) >= 11 is 0. The van der Waals surface area contributed by atoms with Crippen LogP contribution >= 0.6 is 0 Å². The standard InChI is InChI=1S/C13H14.C10H11F3O.4C10H14.C9H11F.C9H12.2C7H14.C6H12/c1-10(2)12-8-7-11-5-3-4-6-13(11)9-12;1-7(2)8-3-5-9(6-4-8)14-10(11,12)13;1-8(2)10-6-4-9(3)5-7-10;3*1-8(2)10-7-5-4-6-9(10)3;1-7(2)8-5-3-4-6-9(8)10;1-8(2)9-6-4-3-5-7-9;1-6(2)7(3)4-5-7;1-6(2)5-7-3-4-7;1-5(2)6-3-4-6/h3-10H,1-2H3;3-7H,1-2H3;4*4-8H,1-3H3;3-7H,1-2H3;3-8H,1-2H3;6H,4-5H2,1-3H3;6-7H,3-5H2,1-2H3;5-6H,3-4H2,1-2H3. The lowest BCUT2D eigenvalue weighted by Gasteiger charge is -2.10. The highest BCUT2D eigenvalue weighted by Crippen LogP contribution is 2.51. The Morgan fingerprint density at radius 1 is 0.358 bits per heavy atom. The second kappa shape index (κ2) is 49.7. The van der Waals surface area contributed by atoms with E-state index in [1.807, 2.05) is 45.9 Å². The fraction of sp³-hybridized carbons (Fsp3) is 0.485. The first-order valence-electron chi connectivity index (χ1n) is 40.1. The molecule has 3 saturated carbocycles. The summed E-state index contributed by atoms with van der Waals surface area (Å²) in [5.41, 5.74) is 16.7. The van der Waals surface area contributed by atoms with Gasteiger partial charge in [0.1, 0.15) is 11.6 Å². The summed E-state index contributed by atoms with van der Waals surface area (Å²) in [4.78, 5) is 0. The third-order valence-electron chi connectivity index (χ3n) is 19.9. The number of benzene rings is 9. The second-order valence-corrected chi connectivity index (χ2v) is 33.3. The molecule has 0 bridgehead atoms. The summed E-state index contributed by atoms with van der Waals surface area (Å²) in [5, 5.41) is 2.67. The number of hydrogen-bond donors (Lipinski definition) is 0. The molecule has 0 aromatic heterocycles. The summed E-state index contributed by atoms with van der Waals surface area (Å²) < 4.78 is 51.9. The van der Waals surface area contributed by atoms with E-state index in [4.69, 9.17) is 0 Å². The van der Waals surface area contributed by atoms with Crippen LogP contribution in [0.2, 0.25) is 0 Å². The van der Waals surface area contributed by atoms with Gasteiger partial charge in [0.15, 0.2) is 0 Å². The molecule has 0 aliphatic heterocycles. The van der Waals surface area contributed by atoms with Crippen LogP contribution in [0.25, 0.3) is 10.8 Å². The van der Waals surface area contributed by atoms with Gasteiger partial charge in [0.05, 0.1) is 0 Å². The van der Waals surface area contributed by atoms with Crippen molar-refractivity contribution in [1.29, 1.82) is 0 Å². The molecule has 1 nitrogen and oxygen atoms in total. The van der Waals surface area contributed by atoms with E-state index in [1.165, 1.54) is 130 Å². The highest BCUT2D eigenvalue weighted by atomic mass is 19.4. The van der Waals surface area contributed by atoms with Crippen molar-refractivity contribution in [2.24, 2.45) is 35.0 Å². The SMILES string of the molecule is CC(C)C1(C)CC1.CC(C)C1CC1.CC(C)CC1CC1.CC(C)c1ccc(OC(F)(F)F)cc1.CC(C)c1ccc2ccccc2c1.CC(C)c1ccccc1.CC(C)c1ccccc1F.Cc1ccc(C(C)C)cc1.Cc1ccccc1C(C)C.Cc1ccccc1C(C)C.Cc1ccccc1C(C)C. The Hall–Kier alpha value is -7.24. The topological polar surface area (TPSA) is 9.23 Å². The quantitative estimate of drug-likeness (QED) is 0.105. The van der Waals surface area contributed by atoms with Crippen LogP contribution in [0.15, 0.2) is 218 Å². The molecule has 0 N–H and O–H groups in total. The number of ether oxygens (including phenoxy) is 1. The van der Waals surface area contributed by atoms with Crippen molar-refractivity contribution in [3.8, 4) is 5.75 Å². The Balaban J connectivity index is 0.000000399. The number of aryl methyl sites for hydroxylation is 4. The largest absolute Gasteiger partial charge is 0.573 e. The molecule has 3 fully saturated rings. The summed E-state index contributed by atoms with van der Waals surface area (Å²) in [6, 6.07) is 72.8. The monoisotopic (exact) mass is 1450 g/mol. The summed E-state index contributed by atoms with van der Waals surface area (Å²) in [7, 11) is 0. The normalized spacial score (nSPS) is 13.0. The lowest BCUT2D eigenvalue weighted by atomic mass is 9.95. The predicted molar refractivity (Wildman–Crippen MR) is 459 cm³/mol. The molecular weight excluding hydrogens is 1310 g/mol. The van der Waals surface area contributed by atoms with Gasteiger partial charge in [-0.05, 0) is 232 Å². The molecule has 0 atom stereocenters. The van der Waals surface area contributed by atoms with Gasteiger partial charge in [-0.3, -0.25) is 0 Å². The molecule has 9 aromatic rings. The van der Waals surface area contributed by atoms with Gasteiger partial charge >= 0.3 is 6.36 Å². The van der Waals surface area contributed by atoms with Gasteiger partial charge in [-0.15, -0.1) is 13.2 Å². The maximum Gasteiger partial charge on any atom is 0.573 e. The highest BCUT2D eigenvalue weighted by Gasteiger charge is 2.39. The van der Waals surface area contributed by atoms with Crippen LogP contribution in [0.1, 0.15) is 318 Å². The fourth-order valence-corrected chi connectivity index (χ4v) is 11.6. The molecule has 106 heavy (non-hydrogen) atoms. The van der Waals surface area contributed by atoms with Gasteiger partial charge < -0.3 is 4.74 Å². The zero-order valence-electron chi connectivity index (χ0n) is 71.2. The second-order valence-electron chi connectivity index (χ2n) is 33.3. The van der Waals surface area contributed by atoms with Crippen LogP contribution < -0.4 is 4.74 Å². The van der Waals surface area contributed by atoms with Crippen LogP contribution in [-0.2, 0) is 0 Å². The molecule has 3 aliphatic carbocycles. The Kier molecular flexibility index (Phi) is 44.4. The van der Waals surface area contributed by atoms with Crippen molar-refractivity contribution < 1.29 is 22.3 Å². The molecule has 12 rings (SSSR count). The molecule has 582 valence electrons. The maximum absolute atomic E-state index is 12.8. The van der Waals surface area contributed by atoms with Crippen molar-refractivity contribution in [3.05, 3.63) is 291 Å². The number of hydrogen-bond acceptors (Lipinski definition) is 1. The van der Waals surface area contributed by atoms with E-state index in [9.17, 15) is 17.6 Å². The van der Waals surface area contributed by atoms with Crippen LogP contribution in [0.5, 0.6) is 5.75 Å². The van der Waals surface area contributed by atoms with E-state index in [-0.39, 0.29) is 17.5 Å². The molecule has 0 heterocycles. The van der Waals surface area contributed by atoms with E-state index >= 15 is 0 Å². The van der Waals surface area contributed by atoms with E-state index in [1.54, 1.807) is 18.2 Å². The highest BCUT2D eigenvalue weighted by molar-refractivity contribution is 5.83. The third-order valence-corrected chi connectivity index (χ3v) is 19.9. The van der Waals surface area contributed by atoms with Crippen LogP contribution in [0, 0.1) is 68.5 Å². The molecule has 3 aliphatic rings. The molecule has 0 unspecified atom stereocenters. The maximum atomic E-state index is 12.8. The lowest BCUT2D eigenvalue weighted by molar-refractivity contribution is -0.274. The molecular formula is C101H144F4O. The van der Waals surface area contributed by atoms with Gasteiger partial charge in [-0.2, -0.15) is 0 Å². The van der Waals surface area contributed by atoms with Crippen LogP contribution in [0.4, 0.5) is 17.6 Å². The summed E-state index contributed by atoms with van der Waals surface area (Å²) in [6.45, 7) is 59.4. The average molecular weight is 1450 g/mol. The lowest BCUT2D eigenvalue weighted by Crippen LogP contribution is -2.17. The zero-order valence-corrected chi connectivity index (χ0v) is 71.2. The zero-order chi connectivity index (χ0) is 79.9. The van der Waals surface area contributed by atoms with Crippen molar-refractivity contribution in [2.75, 3.05) is 0 Å². The van der Waals surface area contributed by atoms with Crippen molar-refractivity contribution in [1.82, 2.24) is 0 Å². The van der Waals surface area contributed by atoms with Crippen molar-refractivity contribution in [3.63, 3.8) is 0 Å². The minimum Gasteiger partial charge on any atom is -0.406 e. The summed E-state index contributed by atoms with van der Waals surface area (Å²) in [5.74, 6) is 9.23. The molecule has 0 radical (unpaired) electrons. The molecule has 0 spiro atoms. The minimum atomic E-state index is -4.61. The van der Waals surface area contributed by atoms with Crippen molar-refractivity contribution in [2.45, 2.75) is 286 Å². The Morgan fingerprint density at radius 2 is 0.698 bits per heavy atom. The Labute approximate surface area is 646 Å². The van der Waals surface area contributed by atoms with Gasteiger partial charge in [-0.25, -0.2) is 4.39 Å². The van der Waals surface area contributed by atoms with Crippen LogP contribution in [0.3, 0.4) is 0 Å². The first-order chi connectivity index (χ1) is 49.8. The molecule has 5 heteroatoms. The van der Waals surface area contributed by atoms with Gasteiger partial charge in [0, 0.05) is 0 Å². The van der Waals surface area contributed by atoms with Gasteiger partial charge in [0.2, 0.25) is 0 Å². The van der Waals surface area contributed by atoms with E-state index in [0.717, 1.165) is 46.1 Å². The molecule has 9 aromatic carbocycles. The smallest absolute Gasteiger partial charge is 0.406 e. The molecule has 0 amide bonds. The number of halogens is 4. The van der Waals surface area contributed by atoms with E-state index < -0.39 is 6.36 Å². The van der Waals surface area contributed by atoms with Gasteiger partial charge in [0.25, 0.3) is 0 Å². The Bertz CT molecular complexity index is 3520. The third kappa shape index (κ3) is 41.2. The van der Waals surface area contributed by atoms with E-state index in [0.29, 0.717) is 41.4 Å². The number of rotatable bonds is 13. The van der Waals surface area contributed by atoms with Gasteiger partial charge in [-0.1, -0.05) is 378 Å². The minimum absolute atomic E-state index is 0.0995. The van der Waals surface area contributed by atoms with Crippen LogP contribution in [-0.4, -0.2) is 6.36 Å². The Morgan fingerprint density at radius 3 is 0.962 bits per heavy atom. The predicted octanol–water partition coefficient (Wildman–Crippen LogP) is 32.8. The average Bonchev–Trinajstić information content (AvgIpc) is 1.71. The fourth-order valence-electron chi connectivity index (χ4n) is 11.6. The first kappa shape index (κ1) is 94.8. The summed E-state index contributed by atoms with van der Waals surface area (Å²) in [6.07, 6.45) is 5.81. The van der Waals surface area contributed by atoms with Crippen molar-refractivity contribution >= 4 is 10.8 Å². The van der Waals surface area contributed by atoms with E-state index in [2.05, 4.69) is 328 Å². The number of fused-ring (bicyclic) bond motifs is 1. The molecule has 0 saturated heterocycles. The number of alkyl halides is 3. The first-order valence-corrected chi connectivity index (χ1v) is 40.1.